The number of nitrogens with one attached hydrogen (secondary N) is 1. The average Bonchev–Trinajstić information content (AvgIpc) is 2.11. The molecule has 1 heterocycles. The summed E-state index contributed by atoms with van der Waals surface area (Å²) in [6.07, 6.45) is 4.18. The smallest absolute Gasteiger partial charge is 0.00387 e. The van der Waals surface area contributed by atoms with E-state index in [9.17, 15) is 0 Å². The Morgan fingerprint density at radius 1 is 1.33 bits per heavy atom. The van der Waals surface area contributed by atoms with Crippen LogP contribution in [0.1, 0.15) is 47.0 Å². The molecule has 2 heteroatoms. The van der Waals surface area contributed by atoms with Gasteiger partial charge < -0.3 is 11.1 Å². The molecule has 0 aromatic carbocycles. The fourth-order valence-electron chi connectivity index (χ4n) is 1.03. The zero-order valence-electron chi connectivity index (χ0n) is 9.19. The summed E-state index contributed by atoms with van der Waals surface area (Å²) in [7, 11) is 0. The summed E-state index contributed by atoms with van der Waals surface area (Å²) in [5.41, 5.74) is 4.85. The molecule has 0 aliphatic carbocycles. The number of piperidine rings is 1. The molecule has 0 amide bonds. The van der Waals surface area contributed by atoms with Gasteiger partial charge in [0, 0.05) is 6.04 Å². The molecule has 2 nitrogen and oxygen atoms in total. The maximum Gasteiger partial charge on any atom is 0.00387 e. The maximum atomic E-state index is 4.85. The van der Waals surface area contributed by atoms with E-state index < -0.39 is 0 Å². The van der Waals surface area contributed by atoms with Crippen LogP contribution in [0.5, 0.6) is 0 Å². The minimum Gasteiger partial charge on any atom is -0.331 e. The van der Waals surface area contributed by atoms with E-state index in [0.717, 1.165) is 12.6 Å². The Hall–Kier alpha value is -0.0800. The minimum atomic E-state index is 0.750. The van der Waals surface area contributed by atoms with Crippen LogP contribution in [0.2, 0.25) is 0 Å². The normalized spacial score (nSPS) is 21.2. The molecular formula is C10H26N2. The van der Waals surface area contributed by atoms with Crippen molar-refractivity contribution in [2.75, 3.05) is 13.1 Å². The summed E-state index contributed by atoms with van der Waals surface area (Å²) in [5, 5.41) is 3.38. The molecule has 1 aliphatic rings. The molecular weight excluding hydrogens is 148 g/mol. The molecule has 1 rings (SSSR count). The third-order valence-electron chi connectivity index (χ3n) is 1.56. The first-order valence-corrected chi connectivity index (χ1v) is 5.24. The van der Waals surface area contributed by atoms with Crippen LogP contribution in [0, 0.1) is 0 Å². The first-order chi connectivity index (χ1) is 5.81. The predicted octanol–water partition coefficient (Wildman–Crippen LogP) is 2.14. The van der Waals surface area contributed by atoms with Crippen molar-refractivity contribution in [1.82, 2.24) is 5.32 Å². The lowest BCUT2D eigenvalue weighted by atomic mass is 10.1. The molecule has 1 atom stereocenters. The molecule has 1 unspecified atom stereocenters. The highest BCUT2D eigenvalue weighted by Gasteiger charge is 2.04. The summed E-state index contributed by atoms with van der Waals surface area (Å²) in [4.78, 5) is 0. The molecule has 76 valence electrons. The third-order valence-corrected chi connectivity index (χ3v) is 1.56. The summed E-state index contributed by atoms with van der Waals surface area (Å²) in [6, 6.07) is 0.786. The van der Waals surface area contributed by atoms with Crippen molar-refractivity contribution in [3.8, 4) is 0 Å². The van der Waals surface area contributed by atoms with Gasteiger partial charge in [-0.25, -0.2) is 0 Å². The SMILES string of the molecule is CC.CC1CCCCN1.CCN. The highest BCUT2D eigenvalue weighted by Crippen LogP contribution is 2.04. The van der Waals surface area contributed by atoms with Crippen molar-refractivity contribution >= 4 is 0 Å². The van der Waals surface area contributed by atoms with Gasteiger partial charge in [-0.3, -0.25) is 0 Å². The van der Waals surface area contributed by atoms with Gasteiger partial charge >= 0.3 is 0 Å². The summed E-state index contributed by atoms with van der Waals surface area (Å²) < 4.78 is 0. The fourth-order valence-corrected chi connectivity index (χ4v) is 1.03. The van der Waals surface area contributed by atoms with E-state index in [1.165, 1.54) is 25.8 Å². The van der Waals surface area contributed by atoms with E-state index in [1.54, 1.807) is 0 Å². The standard InChI is InChI=1S/C6H13N.C2H7N.C2H6/c1-6-4-2-3-5-7-6;1-2-3;1-2/h6-7H,2-5H2,1H3;2-3H2,1H3;1-2H3. The second kappa shape index (κ2) is 13.5. The van der Waals surface area contributed by atoms with Crippen LogP contribution in [0.25, 0.3) is 0 Å². The molecule has 0 aromatic heterocycles. The zero-order valence-corrected chi connectivity index (χ0v) is 9.19. The number of hydrogen-bond acceptors (Lipinski definition) is 2. The van der Waals surface area contributed by atoms with Crippen LogP contribution in [0.3, 0.4) is 0 Å². The first kappa shape index (κ1) is 14.4. The van der Waals surface area contributed by atoms with Crippen LogP contribution in [-0.2, 0) is 0 Å². The Kier molecular flexibility index (Phi) is 16.3. The van der Waals surface area contributed by atoms with E-state index >= 15 is 0 Å². The van der Waals surface area contributed by atoms with E-state index in [4.69, 9.17) is 5.73 Å². The molecule has 0 bridgehead atoms. The second-order valence-corrected chi connectivity index (χ2v) is 2.76. The van der Waals surface area contributed by atoms with Gasteiger partial charge in [-0.1, -0.05) is 27.2 Å². The topological polar surface area (TPSA) is 38.0 Å². The Labute approximate surface area is 77.9 Å². The van der Waals surface area contributed by atoms with Gasteiger partial charge in [0.25, 0.3) is 0 Å². The summed E-state index contributed by atoms with van der Waals surface area (Å²) >= 11 is 0. The zero-order chi connectivity index (χ0) is 9.82. The van der Waals surface area contributed by atoms with Gasteiger partial charge in [-0.2, -0.15) is 0 Å². The van der Waals surface area contributed by atoms with Gasteiger partial charge in [-0.05, 0) is 32.9 Å². The first-order valence-electron chi connectivity index (χ1n) is 5.24. The molecule has 0 saturated carbocycles. The molecule has 3 N–H and O–H groups in total. The van der Waals surface area contributed by atoms with Gasteiger partial charge in [-0.15, -0.1) is 0 Å². The van der Waals surface area contributed by atoms with Crippen LogP contribution in [0.15, 0.2) is 0 Å². The van der Waals surface area contributed by atoms with Gasteiger partial charge in [0.1, 0.15) is 0 Å². The van der Waals surface area contributed by atoms with Crippen molar-refractivity contribution in [3.63, 3.8) is 0 Å². The van der Waals surface area contributed by atoms with E-state index in [2.05, 4.69) is 12.2 Å². The highest BCUT2D eigenvalue weighted by atomic mass is 14.9. The molecule has 1 fully saturated rings. The van der Waals surface area contributed by atoms with Crippen molar-refractivity contribution < 1.29 is 0 Å². The molecule has 12 heavy (non-hydrogen) atoms. The molecule has 1 aliphatic heterocycles. The number of hydrogen-bond donors (Lipinski definition) is 2. The van der Waals surface area contributed by atoms with Crippen molar-refractivity contribution in [3.05, 3.63) is 0 Å². The highest BCUT2D eigenvalue weighted by molar-refractivity contribution is 4.65. The van der Waals surface area contributed by atoms with Crippen LogP contribution >= 0.6 is 0 Å². The number of rotatable bonds is 0. The lowest BCUT2D eigenvalue weighted by Crippen LogP contribution is -2.30. The lowest BCUT2D eigenvalue weighted by molar-refractivity contribution is 0.425. The maximum absolute atomic E-state index is 4.85. The van der Waals surface area contributed by atoms with Crippen molar-refractivity contribution in [2.45, 2.75) is 53.0 Å². The van der Waals surface area contributed by atoms with Crippen molar-refractivity contribution in [1.29, 1.82) is 0 Å². The third kappa shape index (κ3) is 12.6. The monoisotopic (exact) mass is 174 g/mol. The van der Waals surface area contributed by atoms with Gasteiger partial charge in [0.2, 0.25) is 0 Å². The van der Waals surface area contributed by atoms with Gasteiger partial charge in [0.15, 0.2) is 0 Å². The van der Waals surface area contributed by atoms with E-state index in [-0.39, 0.29) is 0 Å². The molecule has 0 radical (unpaired) electrons. The number of nitrogens with two attached hydrogens (primary N) is 1. The fraction of sp³-hybridized carbons (Fsp3) is 1.00. The van der Waals surface area contributed by atoms with Crippen LogP contribution in [-0.4, -0.2) is 19.1 Å². The summed E-state index contributed by atoms with van der Waals surface area (Å²) in [5.74, 6) is 0. The van der Waals surface area contributed by atoms with Crippen LogP contribution < -0.4 is 11.1 Å². The quantitative estimate of drug-likeness (QED) is 0.590. The second-order valence-electron chi connectivity index (χ2n) is 2.76. The minimum absolute atomic E-state index is 0.750. The Morgan fingerprint density at radius 3 is 2.00 bits per heavy atom. The molecule has 0 spiro atoms. The summed E-state index contributed by atoms with van der Waals surface area (Å²) in [6.45, 7) is 10.1. The van der Waals surface area contributed by atoms with E-state index in [0.29, 0.717) is 0 Å². The molecule has 0 aromatic rings. The van der Waals surface area contributed by atoms with Crippen LogP contribution in [0.4, 0.5) is 0 Å². The average molecular weight is 174 g/mol. The Bertz CT molecular complexity index is 58.9. The van der Waals surface area contributed by atoms with Gasteiger partial charge in [0.05, 0.1) is 0 Å². The van der Waals surface area contributed by atoms with E-state index in [1.807, 2.05) is 20.8 Å². The largest absolute Gasteiger partial charge is 0.331 e. The Balaban J connectivity index is 0. The molecule has 1 saturated heterocycles. The predicted molar refractivity (Wildman–Crippen MR) is 57.4 cm³/mol. The Morgan fingerprint density at radius 2 is 1.83 bits per heavy atom. The van der Waals surface area contributed by atoms with Crippen molar-refractivity contribution in [2.24, 2.45) is 5.73 Å². The lowest BCUT2D eigenvalue weighted by Gasteiger charge is -2.18.